The third-order valence-electron chi connectivity index (χ3n) is 2.69. The average Bonchev–Trinajstić information content (AvgIpc) is 2.32. The van der Waals surface area contributed by atoms with Gasteiger partial charge in [0.15, 0.2) is 0 Å². The van der Waals surface area contributed by atoms with Gasteiger partial charge in [0.05, 0.1) is 6.04 Å². The molecule has 0 fully saturated rings. The second-order valence-electron chi connectivity index (χ2n) is 5.77. The Kier molecular flexibility index (Phi) is 5.84. The predicted octanol–water partition coefficient (Wildman–Crippen LogP) is 3.40. The van der Waals surface area contributed by atoms with Gasteiger partial charge in [0.2, 0.25) is 0 Å². The van der Waals surface area contributed by atoms with E-state index >= 15 is 0 Å². The number of amides is 1. The van der Waals surface area contributed by atoms with E-state index in [9.17, 15) is 18.4 Å². The molecule has 0 saturated heterocycles. The van der Waals surface area contributed by atoms with Crippen molar-refractivity contribution in [1.29, 1.82) is 0 Å². The number of alkyl carbamates (subject to hydrolysis) is 1. The minimum absolute atomic E-state index is 0.160. The molecule has 1 rings (SSSR count). The van der Waals surface area contributed by atoms with E-state index in [-0.39, 0.29) is 18.4 Å². The number of halogens is 2. The number of ether oxygens (including phenoxy) is 1. The first-order valence-electron chi connectivity index (χ1n) is 6.75. The number of hydrogen-bond donors (Lipinski definition) is 2. The van der Waals surface area contributed by atoms with Gasteiger partial charge in [-0.1, -0.05) is 6.07 Å². The smallest absolute Gasteiger partial charge is 0.408 e. The van der Waals surface area contributed by atoms with Crippen LogP contribution in [-0.4, -0.2) is 22.8 Å². The zero-order chi connectivity index (χ0) is 16.9. The Morgan fingerprint density at radius 1 is 1.27 bits per heavy atom. The zero-order valence-electron chi connectivity index (χ0n) is 12.7. The van der Waals surface area contributed by atoms with Crippen LogP contribution in [0.5, 0.6) is 0 Å². The number of nitrogens with one attached hydrogen (secondary N) is 1. The molecule has 22 heavy (non-hydrogen) atoms. The van der Waals surface area contributed by atoms with Crippen LogP contribution in [-0.2, 0) is 9.53 Å². The molecule has 0 heterocycles. The van der Waals surface area contributed by atoms with E-state index in [1.165, 1.54) is 6.07 Å². The monoisotopic (exact) mass is 315 g/mol. The average molecular weight is 315 g/mol. The number of carbonyl (C=O) groups excluding carboxylic acids is 1. The molecule has 0 aliphatic carbocycles. The highest BCUT2D eigenvalue weighted by Gasteiger charge is 2.25. The second kappa shape index (κ2) is 7.20. The van der Waals surface area contributed by atoms with Gasteiger partial charge in [0, 0.05) is 12.0 Å². The van der Waals surface area contributed by atoms with Crippen molar-refractivity contribution in [2.24, 2.45) is 0 Å². The number of aliphatic carboxylic acids is 1. The van der Waals surface area contributed by atoms with E-state index in [4.69, 9.17) is 9.84 Å². The summed E-state index contributed by atoms with van der Waals surface area (Å²) in [7, 11) is 0. The molecule has 2 N–H and O–H groups in total. The van der Waals surface area contributed by atoms with Crippen molar-refractivity contribution in [2.45, 2.75) is 45.3 Å². The van der Waals surface area contributed by atoms with Gasteiger partial charge in [0.1, 0.15) is 17.2 Å². The summed E-state index contributed by atoms with van der Waals surface area (Å²) in [5, 5.41) is 11.1. The summed E-state index contributed by atoms with van der Waals surface area (Å²) >= 11 is 0. The van der Waals surface area contributed by atoms with Gasteiger partial charge < -0.3 is 15.2 Å². The summed E-state index contributed by atoms with van der Waals surface area (Å²) in [5.74, 6) is -2.84. The molecule has 7 heteroatoms. The summed E-state index contributed by atoms with van der Waals surface area (Å²) in [4.78, 5) is 22.5. The maximum absolute atomic E-state index is 13.8. The van der Waals surface area contributed by atoms with E-state index in [2.05, 4.69) is 5.32 Å². The molecule has 0 radical (unpaired) electrons. The number of benzene rings is 1. The summed E-state index contributed by atoms with van der Waals surface area (Å²) in [5.41, 5.74) is -1.16. The van der Waals surface area contributed by atoms with Gasteiger partial charge in [-0.05, 0) is 39.3 Å². The van der Waals surface area contributed by atoms with E-state index in [0.717, 1.165) is 12.1 Å². The zero-order valence-corrected chi connectivity index (χ0v) is 12.7. The van der Waals surface area contributed by atoms with Gasteiger partial charge in [-0.15, -0.1) is 0 Å². The quantitative estimate of drug-likeness (QED) is 0.873. The van der Waals surface area contributed by atoms with Gasteiger partial charge in [0.25, 0.3) is 0 Å². The van der Waals surface area contributed by atoms with Crippen LogP contribution in [0.2, 0.25) is 0 Å². The first-order valence-corrected chi connectivity index (χ1v) is 6.75. The highest BCUT2D eigenvalue weighted by molar-refractivity contribution is 5.69. The molecule has 5 nitrogen and oxygen atoms in total. The van der Waals surface area contributed by atoms with Gasteiger partial charge >= 0.3 is 12.1 Å². The molecule has 1 atom stereocenters. The fourth-order valence-electron chi connectivity index (χ4n) is 1.85. The second-order valence-corrected chi connectivity index (χ2v) is 5.77. The standard InChI is InChI=1S/C15H19F2NO4/c1-15(2,3)22-14(21)18-11(7-8-12(19)20)13-9(16)5-4-6-10(13)17/h4-6,11H,7-8H2,1-3H3,(H,18,21)(H,19,20)/t11-/m0/s1. The normalized spacial score (nSPS) is 12.6. The van der Waals surface area contributed by atoms with E-state index in [1.807, 2.05) is 0 Å². The molecule has 0 saturated carbocycles. The van der Waals surface area contributed by atoms with Crippen LogP contribution in [0.1, 0.15) is 45.2 Å². The Morgan fingerprint density at radius 2 is 1.82 bits per heavy atom. The lowest BCUT2D eigenvalue weighted by molar-refractivity contribution is -0.137. The van der Waals surface area contributed by atoms with Crippen molar-refractivity contribution < 1.29 is 28.2 Å². The topological polar surface area (TPSA) is 75.6 Å². The van der Waals surface area contributed by atoms with Crippen molar-refractivity contribution in [2.75, 3.05) is 0 Å². The van der Waals surface area contributed by atoms with Gasteiger partial charge in [-0.25, -0.2) is 13.6 Å². The lowest BCUT2D eigenvalue weighted by Crippen LogP contribution is -2.35. The molecule has 1 amide bonds. The van der Waals surface area contributed by atoms with Crippen molar-refractivity contribution in [3.63, 3.8) is 0 Å². The molecule has 0 aliphatic heterocycles. The van der Waals surface area contributed by atoms with Crippen molar-refractivity contribution in [3.8, 4) is 0 Å². The Morgan fingerprint density at radius 3 is 2.27 bits per heavy atom. The highest BCUT2D eigenvalue weighted by atomic mass is 19.1. The number of hydrogen-bond acceptors (Lipinski definition) is 3. The lowest BCUT2D eigenvalue weighted by atomic mass is 10.0. The number of carbonyl (C=O) groups is 2. The molecule has 122 valence electrons. The lowest BCUT2D eigenvalue weighted by Gasteiger charge is -2.24. The van der Waals surface area contributed by atoms with Crippen LogP contribution >= 0.6 is 0 Å². The molecule has 0 aromatic heterocycles. The Bertz CT molecular complexity index is 535. The number of carboxylic acids is 1. The molecule has 1 aromatic rings. The van der Waals surface area contributed by atoms with E-state index in [0.29, 0.717) is 0 Å². The summed E-state index contributed by atoms with van der Waals surface area (Å²) < 4.78 is 32.7. The molecule has 0 spiro atoms. The minimum Gasteiger partial charge on any atom is -0.481 e. The third-order valence-corrected chi connectivity index (χ3v) is 2.69. The minimum atomic E-state index is -1.13. The first-order chi connectivity index (χ1) is 10.1. The Hall–Kier alpha value is -2.18. The fraction of sp³-hybridized carbons (Fsp3) is 0.467. The van der Waals surface area contributed by atoms with Crippen molar-refractivity contribution >= 4 is 12.1 Å². The third kappa shape index (κ3) is 5.67. The SMILES string of the molecule is CC(C)(C)OC(=O)N[C@@H](CCC(=O)O)c1c(F)cccc1F. The number of carboxylic acid groups (broad SMARTS) is 1. The molecule has 0 aliphatic rings. The molecular weight excluding hydrogens is 296 g/mol. The van der Waals surface area contributed by atoms with Crippen LogP contribution in [0.25, 0.3) is 0 Å². The van der Waals surface area contributed by atoms with Crippen LogP contribution in [0.3, 0.4) is 0 Å². The van der Waals surface area contributed by atoms with Gasteiger partial charge in [-0.2, -0.15) is 0 Å². The molecule has 0 bridgehead atoms. The fourth-order valence-corrected chi connectivity index (χ4v) is 1.85. The predicted molar refractivity (Wildman–Crippen MR) is 75.3 cm³/mol. The van der Waals surface area contributed by atoms with Crippen molar-refractivity contribution in [3.05, 3.63) is 35.4 Å². The Balaban J connectivity index is 2.98. The summed E-state index contributed by atoms with van der Waals surface area (Å²) in [6.07, 6.45) is -1.38. The molecule has 0 unspecified atom stereocenters. The number of rotatable bonds is 5. The van der Waals surface area contributed by atoms with Crippen LogP contribution in [0.15, 0.2) is 18.2 Å². The molecule has 1 aromatic carbocycles. The first kappa shape index (κ1) is 17.9. The van der Waals surface area contributed by atoms with Gasteiger partial charge in [-0.3, -0.25) is 4.79 Å². The van der Waals surface area contributed by atoms with Crippen LogP contribution < -0.4 is 5.32 Å². The maximum atomic E-state index is 13.8. The highest BCUT2D eigenvalue weighted by Crippen LogP contribution is 2.25. The summed E-state index contributed by atoms with van der Waals surface area (Å²) in [6, 6.07) is 2.15. The van der Waals surface area contributed by atoms with E-state index in [1.54, 1.807) is 20.8 Å². The Labute approximate surface area is 127 Å². The largest absolute Gasteiger partial charge is 0.481 e. The summed E-state index contributed by atoms with van der Waals surface area (Å²) in [6.45, 7) is 4.92. The van der Waals surface area contributed by atoms with Crippen LogP contribution in [0, 0.1) is 11.6 Å². The van der Waals surface area contributed by atoms with Crippen LogP contribution in [0.4, 0.5) is 13.6 Å². The molecular formula is C15H19F2NO4. The van der Waals surface area contributed by atoms with Crippen molar-refractivity contribution in [1.82, 2.24) is 5.32 Å². The maximum Gasteiger partial charge on any atom is 0.408 e. The van der Waals surface area contributed by atoms with E-state index < -0.39 is 35.3 Å².